The number of carbonyl (C=O) groups is 3. The quantitative estimate of drug-likeness (QED) is 0.607. The number of aromatic carboxylic acids is 1. The number of benzene rings is 2. The minimum absolute atomic E-state index is 0.00167. The first kappa shape index (κ1) is 19.2. The van der Waals surface area contributed by atoms with E-state index in [0.29, 0.717) is 23.0 Å². The highest BCUT2D eigenvalue weighted by atomic mass is 35.5. The van der Waals surface area contributed by atoms with E-state index in [1.54, 1.807) is 30.5 Å². The summed E-state index contributed by atoms with van der Waals surface area (Å²) < 4.78 is 0. The normalized spacial score (nSPS) is 10.5. The number of nitrogens with zero attached hydrogens (tertiary/aromatic N) is 2. The van der Waals surface area contributed by atoms with Crippen LogP contribution in [0, 0.1) is 0 Å². The molecule has 1 heterocycles. The number of amides is 3. The number of rotatable bonds is 5. The van der Waals surface area contributed by atoms with E-state index in [1.165, 1.54) is 18.3 Å². The number of carboxylic acids is 1. The Morgan fingerprint density at radius 1 is 1.00 bits per heavy atom. The average molecular weight is 399 g/mol. The number of urea groups is 1. The summed E-state index contributed by atoms with van der Waals surface area (Å²) in [5, 5.41) is 14.0. The van der Waals surface area contributed by atoms with Gasteiger partial charge in [-0.25, -0.2) is 9.59 Å². The zero-order valence-electron chi connectivity index (χ0n) is 14.5. The van der Waals surface area contributed by atoms with Crippen LogP contribution in [0.4, 0.5) is 4.79 Å². The molecule has 0 aliphatic carbocycles. The first-order valence-corrected chi connectivity index (χ1v) is 8.63. The van der Waals surface area contributed by atoms with Gasteiger partial charge in [-0.05, 0) is 42.3 Å². The molecule has 3 N–H and O–H groups in total. The molecule has 0 fully saturated rings. The fourth-order valence-electron chi connectivity index (χ4n) is 2.54. The zero-order chi connectivity index (χ0) is 20.1. The van der Waals surface area contributed by atoms with Gasteiger partial charge in [0.1, 0.15) is 0 Å². The van der Waals surface area contributed by atoms with Crippen LogP contribution in [-0.4, -0.2) is 39.5 Å². The number of halogens is 1. The smallest absolute Gasteiger partial charge is 0.337 e. The lowest BCUT2D eigenvalue weighted by atomic mass is 10.1. The van der Waals surface area contributed by atoms with Gasteiger partial charge < -0.3 is 10.4 Å². The predicted octanol–water partition coefficient (Wildman–Crippen LogP) is 2.66. The van der Waals surface area contributed by atoms with Crippen LogP contribution < -0.4 is 10.6 Å². The third kappa shape index (κ3) is 4.60. The Morgan fingerprint density at radius 3 is 2.50 bits per heavy atom. The Hall–Kier alpha value is -3.52. The SMILES string of the molecule is O=C(NCCc1ccc(Cl)c(C(=O)O)c1)NC(=O)c1ccc2nccnc2c1. The second-order valence-corrected chi connectivity index (χ2v) is 6.25. The van der Waals surface area contributed by atoms with Crippen molar-refractivity contribution < 1.29 is 19.5 Å². The number of hydrogen-bond acceptors (Lipinski definition) is 5. The van der Waals surface area contributed by atoms with Gasteiger partial charge in [0.05, 0.1) is 21.6 Å². The van der Waals surface area contributed by atoms with Crippen molar-refractivity contribution >= 4 is 40.5 Å². The second kappa shape index (κ2) is 8.45. The first-order chi connectivity index (χ1) is 13.4. The van der Waals surface area contributed by atoms with E-state index >= 15 is 0 Å². The first-order valence-electron chi connectivity index (χ1n) is 8.26. The average Bonchev–Trinajstić information content (AvgIpc) is 2.68. The number of imide groups is 1. The minimum Gasteiger partial charge on any atom is -0.478 e. The topological polar surface area (TPSA) is 121 Å². The lowest BCUT2D eigenvalue weighted by Gasteiger charge is -2.08. The molecule has 0 saturated carbocycles. The largest absolute Gasteiger partial charge is 0.478 e. The van der Waals surface area contributed by atoms with E-state index in [-0.39, 0.29) is 22.7 Å². The van der Waals surface area contributed by atoms with Gasteiger partial charge in [0, 0.05) is 24.5 Å². The van der Waals surface area contributed by atoms with Crippen LogP contribution in [0.5, 0.6) is 0 Å². The maximum atomic E-state index is 12.2. The van der Waals surface area contributed by atoms with E-state index < -0.39 is 17.9 Å². The summed E-state index contributed by atoms with van der Waals surface area (Å²) in [4.78, 5) is 43.4. The second-order valence-electron chi connectivity index (χ2n) is 5.84. The fourth-order valence-corrected chi connectivity index (χ4v) is 2.73. The van der Waals surface area contributed by atoms with Gasteiger partial charge in [0.25, 0.3) is 5.91 Å². The van der Waals surface area contributed by atoms with Crippen molar-refractivity contribution in [3.63, 3.8) is 0 Å². The van der Waals surface area contributed by atoms with E-state index in [0.717, 1.165) is 0 Å². The lowest BCUT2D eigenvalue weighted by molar-refractivity contribution is 0.0696. The summed E-state index contributed by atoms with van der Waals surface area (Å²) in [5.41, 5.74) is 2.17. The van der Waals surface area contributed by atoms with Crippen LogP contribution in [-0.2, 0) is 6.42 Å². The molecule has 9 heteroatoms. The number of carbonyl (C=O) groups excluding carboxylic acids is 2. The van der Waals surface area contributed by atoms with Crippen molar-refractivity contribution in [3.8, 4) is 0 Å². The Bertz CT molecular complexity index is 1070. The molecule has 0 spiro atoms. The van der Waals surface area contributed by atoms with Gasteiger partial charge in [-0.1, -0.05) is 17.7 Å². The van der Waals surface area contributed by atoms with Crippen molar-refractivity contribution in [2.24, 2.45) is 0 Å². The Labute approximate surface area is 164 Å². The third-order valence-electron chi connectivity index (χ3n) is 3.92. The van der Waals surface area contributed by atoms with Crippen molar-refractivity contribution in [3.05, 3.63) is 70.5 Å². The van der Waals surface area contributed by atoms with Crippen LogP contribution in [0.15, 0.2) is 48.8 Å². The number of fused-ring (bicyclic) bond motifs is 1. The van der Waals surface area contributed by atoms with Gasteiger partial charge in [-0.2, -0.15) is 0 Å². The number of aromatic nitrogens is 2. The molecule has 28 heavy (non-hydrogen) atoms. The van der Waals surface area contributed by atoms with Gasteiger partial charge in [-0.15, -0.1) is 0 Å². The zero-order valence-corrected chi connectivity index (χ0v) is 15.2. The number of nitrogens with one attached hydrogen (secondary N) is 2. The highest BCUT2D eigenvalue weighted by molar-refractivity contribution is 6.33. The maximum absolute atomic E-state index is 12.2. The van der Waals surface area contributed by atoms with Crippen molar-refractivity contribution in [2.75, 3.05) is 6.54 Å². The molecule has 0 bridgehead atoms. The van der Waals surface area contributed by atoms with Crippen molar-refractivity contribution in [1.82, 2.24) is 20.6 Å². The van der Waals surface area contributed by atoms with Crippen LogP contribution in [0.25, 0.3) is 11.0 Å². The molecule has 142 valence electrons. The molecule has 8 nitrogen and oxygen atoms in total. The van der Waals surface area contributed by atoms with E-state index in [1.807, 2.05) is 0 Å². The molecule has 0 atom stereocenters. The Morgan fingerprint density at radius 2 is 1.75 bits per heavy atom. The molecule has 3 aromatic rings. The molecule has 2 aromatic carbocycles. The van der Waals surface area contributed by atoms with E-state index in [9.17, 15) is 14.4 Å². The highest BCUT2D eigenvalue weighted by Gasteiger charge is 2.12. The summed E-state index contributed by atoms with van der Waals surface area (Å²) in [7, 11) is 0. The summed E-state index contributed by atoms with van der Waals surface area (Å²) in [5.74, 6) is -1.69. The van der Waals surface area contributed by atoms with Crippen LogP contribution in [0.2, 0.25) is 5.02 Å². The summed E-state index contributed by atoms with van der Waals surface area (Å²) in [6.07, 6.45) is 3.45. The summed E-state index contributed by atoms with van der Waals surface area (Å²) >= 11 is 5.82. The minimum atomic E-state index is -1.12. The molecular formula is C19H15ClN4O4. The molecule has 3 amide bonds. The Kier molecular flexibility index (Phi) is 5.81. The van der Waals surface area contributed by atoms with Crippen molar-refractivity contribution in [2.45, 2.75) is 6.42 Å². The van der Waals surface area contributed by atoms with Crippen molar-refractivity contribution in [1.29, 1.82) is 0 Å². The van der Waals surface area contributed by atoms with Gasteiger partial charge in [0.2, 0.25) is 0 Å². The third-order valence-corrected chi connectivity index (χ3v) is 4.25. The number of hydrogen-bond donors (Lipinski definition) is 3. The predicted molar refractivity (Wildman–Crippen MR) is 103 cm³/mol. The molecule has 0 aliphatic rings. The molecule has 3 rings (SSSR count). The highest BCUT2D eigenvalue weighted by Crippen LogP contribution is 2.17. The summed E-state index contributed by atoms with van der Waals surface area (Å²) in [6.45, 7) is 0.211. The van der Waals surface area contributed by atoms with Gasteiger partial charge in [0.15, 0.2) is 0 Å². The fraction of sp³-hybridized carbons (Fsp3) is 0.105. The van der Waals surface area contributed by atoms with Crippen LogP contribution >= 0.6 is 11.6 Å². The molecule has 0 radical (unpaired) electrons. The van der Waals surface area contributed by atoms with Crippen LogP contribution in [0.3, 0.4) is 0 Å². The molecule has 0 aliphatic heterocycles. The molecule has 0 unspecified atom stereocenters. The van der Waals surface area contributed by atoms with E-state index in [2.05, 4.69) is 20.6 Å². The van der Waals surface area contributed by atoms with E-state index in [4.69, 9.17) is 16.7 Å². The maximum Gasteiger partial charge on any atom is 0.337 e. The van der Waals surface area contributed by atoms with Gasteiger partial charge in [-0.3, -0.25) is 20.1 Å². The summed E-state index contributed by atoms with van der Waals surface area (Å²) in [6, 6.07) is 8.72. The standard InChI is InChI=1S/C19H15ClN4O4/c20-14-3-1-11(9-13(14)18(26)27)5-6-23-19(28)24-17(25)12-2-4-15-16(10-12)22-8-7-21-15/h1-4,7-10H,5-6H2,(H,26,27)(H2,23,24,25,28). The van der Waals surface area contributed by atoms with Crippen LogP contribution in [0.1, 0.15) is 26.3 Å². The molecular weight excluding hydrogens is 384 g/mol. The lowest BCUT2D eigenvalue weighted by Crippen LogP contribution is -2.40. The monoisotopic (exact) mass is 398 g/mol. The van der Waals surface area contributed by atoms with Gasteiger partial charge >= 0.3 is 12.0 Å². The Balaban J connectivity index is 1.54. The molecule has 0 saturated heterocycles. The molecule has 1 aromatic heterocycles. The number of carboxylic acid groups (broad SMARTS) is 1.